The van der Waals surface area contributed by atoms with Gasteiger partial charge in [0.15, 0.2) is 0 Å². The normalized spacial score (nSPS) is 18.7. The first-order valence-electron chi connectivity index (χ1n) is 5.06. The predicted molar refractivity (Wildman–Crippen MR) is 52.9 cm³/mol. The second-order valence-electron chi connectivity index (χ2n) is 3.65. The number of nitrogens with zero attached hydrogens (tertiary/aromatic N) is 3. The molecule has 0 aliphatic carbocycles. The van der Waals surface area contributed by atoms with Gasteiger partial charge in [0.1, 0.15) is 5.78 Å². The highest BCUT2D eigenvalue weighted by molar-refractivity contribution is 5.79. The smallest absolute Gasteiger partial charge is 0.135 e. The molecule has 1 aromatic heterocycles. The Labute approximate surface area is 83.5 Å². The molecule has 0 atom stereocenters. The fraction of sp³-hybridized carbons (Fsp3) is 0.600. The molecule has 0 bridgehead atoms. The molecule has 1 aromatic rings. The molecular formula is C10H15N3O. The number of carbonyl (C=O) groups is 1. The molecule has 4 heteroatoms. The lowest BCUT2D eigenvalue weighted by Gasteiger charge is -2.25. The van der Waals surface area contributed by atoms with Crippen LogP contribution in [-0.4, -0.2) is 40.1 Å². The van der Waals surface area contributed by atoms with Crippen LogP contribution in [0.5, 0.6) is 0 Å². The van der Waals surface area contributed by atoms with Crippen molar-refractivity contribution in [1.82, 2.24) is 14.7 Å². The van der Waals surface area contributed by atoms with Crippen LogP contribution in [-0.2, 0) is 11.3 Å². The van der Waals surface area contributed by atoms with E-state index in [0.717, 1.165) is 39.0 Å². The molecule has 2 heterocycles. The van der Waals surface area contributed by atoms with Gasteiger partial charge in [0.05, 0.1) is 6.54 Å². The number of hydrogen-bond donors (Lipinski definition) is 0. The summed E-state index contributed by atoms with van der Waals surface area (Å²) >= 11 is 0. The van der Waals surface area contributed by atoms with Gasteiger partial charge < -0.3 is 4.90 Å². The highest BCUT2D eigenvalue weighted by Crippen LogP contribution is 2.05. The Kier molecular flexibility index (Phi) is 2.93. The van der Waals surface area contributed by atoms with Crippen LogP contribution in [0, 0.1) is 0 Å². The molecule has 14 heavy (non-hydrogen) atoms. The van der Waals surface area contributed by atoms with Gasteiger partial charge in [-0.2, -0.15) is 5.10 Å². The standard InChI is InChI=1S/C10H15N3O/c14-10-2-6-12(7-3-10)8-9-13-5-1-4-11-13/h1,4-5H,2-3,6-9H2. The van der Waals surface area contributed by atoms with Crippen LogP contribution >= 0.6 is 0 Å². The first-order valence-corrected chi connectivity index (χ1v) is 5.06. The molecule has 0 radical (unpaired) electrons. The van der Waals surface area contributed by atoms with Crippen LogP contribution in [0.2, 0.25) is 0 Å². The number of rotatable bonds is 3. The van der Waals surface area contributed by atoms with Gasteiger partial charge in [0.25, 0.3) is 0 Å². The van der Waals surface area contributed by atoms with E-state index in [-0.39, 0.29) is 0 Å². The van der Waals surface area contributed by atoms with Crippen molar-refractivity contribution in [1.29, 1.82) is 0 Å². The molecular weight excluding hydrogens is 178 g/mol. The van der Waals surface area contributed by atoms with Gasteiger partial charge in [0.2, 0.25) is 0 Å². The number of likely N-dealkylation sites (tertiary alicyclic amines) is 1. The summed E-state index contributed by atoms with van der Waals surface area (Å²) in [6, 6.07) is 1.93. The van der Waals surface area contributed by atoms with Crippen LogP contribution in [0.15, 0.2) is 18.5 Å². The van der Waals surface area contributed by atoms with Crippen molar-refractivity contribution in [2.45, 2.75) is 19.4 Å². The molecule has 0 aromatic carbocycles. The van der Waals surface area contributed by atoms with E-state index in [1.165, 1.54) is 0 Å². The number of Topliss-reactive ketones (excluding diaryl/α,β-unsaturated/α-hetero) is 1. The van der Waals surface area contributed by atoms with Gasteiger partial charge in [-0.1, -0.05) is 0 Å². The molecule has 4 nitrogen and oxygen atoms in total. The van der Waals surface area contributed by atoms with Crippen molar-refractivity contribution in [3.05, 3.63) is 18.5 Å². The van der Waals surface area contributed by atoms with E-state index in [1.807, 2.05) is 16.9 Å². The second kappa shape index (κ2) is 4.37. The van der Waals surface area contributed by atoms with E-state index < -0.39 is 0 Å². The quantitative estimate of drug-likeness (QED) is 0.703. The fourth-order valence-electron chi connectivity index (χ4n) is 1.70. The third kappa shape index (κ3) is 2.42. The Bertz CT molecular complexity index is 284. The molecule has 1 aliphatic heterocycles. The average Bonchev–Trinajstić information content (AvgIpc) is 2.70. The van der Waals surface area contributed by atoms with Crippen molar-refractivity contribution >= 4 is 5.78 Å². The Morgan fingerprint density at radius 3 is 2.71 bits per heavy atom. The lowest BCUT2D eigenvalue weighted by molar-refractivity contribution is -0.121. The van der Waals surface area contributed by atoms with Crippen LogP contribution in [0.4, 0.5) is 0 Å². The summed E-state index contributed by atoms with van der Waals surface area (Å²) in [5, 5.41) is 4.14. The van der Waals surface area contributed by atoms with Gasteiger partial charge in [-0.3, -0.25) is 9.48 Å². The van der Waals surface area contributed by atoms with Crippen LogP contribution < -0.4 is 0 Å². The van der Waals surface area contributed by atoms with E-state index in [4.69, 9.17) is 0 Å². The molecule has 0 N–H and O–H groups in total. The van der Waals surface area contributed by atoms with Crippen LogP contribution in [0.25, 0.3) is 0 Å². The summed E-state index contributed by atoms with van der Waals surface area (Å²) in [4.78, 5) is 13.3. The molecule has 0 spiro atoms. The SMILES string of the molecule is O=C1CCN(CCn2cccn2)CC1. The zero-order chi connectivity index (χ0) is 9.80. The van der Waals surface area contributed by atoms with Crippen LogP contribution in [0.1, 0.15) is 12.8 Å². The topological polar surface area (TPSA) is 38.1 Å². The maximum Gasteiger partial charge on any atom is 0.135 e. The Morgan fingerprint density at radius 2 is 2.07 bits per heavy atom. The summed E-state index contributed by atoms with van der Waals surface area (Å²) in [5.41, 5.74) is 0. The molecule has 1 saturated heterocycles. The Balaban J connectivity index is 1.73. The van der Waals surface area contributed by atoms with E-state index in [2.05, 4.69) is 10.00 Å². The summed E-state index contributed by atoms with van der Waals surface area (Å²) in [6.07, 6.45) is 5.20. The molecule has 0 unspecified atom stereocenters. The van der Waals surface area contributed by atoms with E-state index in [9.17, 15) is 4.79 Å². The third-order valence-electron chi connectivity index (χ3n) is 2.62. The minimum atomic E-state index is 0.403. The molecule has 0 saturated carbocycles. The first kappa shape index (κ1) is 9.40. The zero-order valence-corrected chi connectivity index (χ0v) is 8.22. The number of piperidine rings is 1. The van der Waals surface area contributed by atoms with Gasteiger partial charge in [-0.05, 0) is 6.07 Å². The minimum Gasteiger partial charge on any atom is -0.301 e. The van der Waals surface area contributed by atoms with Crippen molar-refractivity contribution in [2.24, 2.45) is 0 Å². The fourth-order valence-corrected chi connectivity index (χ4v) is 1.70. The van der Waals surface area contributed by atoms with Gasteiger partial charge in [-0.25, -0.2) is 0 Å². The number of ketones is 1. The van der Waals surface area contributed by atoms with Gasteiger partial charge in [0, 0.05) is 44.9 Å². The highest BCUT2D eigenvalue weighted by atomic mass is 16.1. The molecule has 2 rings (SSSR count). The number of carbonyl (C=O) groups excluding carboxylic acids is 1. The summed E-state index contributed by atoms with van der Waals surface area (Å²) in [6.45, 7) is 3.75. The largest absolute Gasteiger partial charge is 0.301 e. The van der Waals surface area contributed by atoms with Gasteiger partial charge >= 0.3 is 0 Å². The van der Waals surface area contributed by atoms with E-state index >= 15 is 0 Å². The summed E-state index contributed by atoms with van der Waals surface area (Å²) in [5.74, 6) is 0.403. The van der Waals surface area contributed by atoms with E-state index in [1.54, 1.807) is 6.20 Å². The van der Waals surface area contributed by atoms with Crippen molar-refractivity contribution in [2.75, 3.05) is 19.6 Å². The third-order valence-corrected chi connectivity index (χ3v) is 2.62. The Morgan fingerprint density at radius 1 is 1.29 bits per heavy atom. The maximum absolute atomic E-state index is 11.0. The molecule has 1 fully saturated rings. The summed E-state index contributed by atoms with van der Waals surface area (Å²) in [7, 11) is 0. The zero-order valence-electron chi connectivity index (χ0n) is 8.22. The maximum atomic E-state index is 11.0. The summed E-state index contributed by atoms with van der Waals surface area (Å²) < 4.78 is 1.93. The van der Waals surface area contributed by atoms with E-state index in [0.29, 0.717) is 5.78 Å². The van der Waals surface area contributed by atoms with Gasteiger partial charge in [-0.15, -0.1) is 0 Å². The lowest BCUT2D eigenvalue weighted by Crippen LogP contribution is -2.36. The highest BCUT2D eigenvalue weighted by Gasteiger charge is 2.15. The minimum absolute atomic E-state index is 0.403. The van der Waals surface area contributed by atoms with Crippen molar-refractivity contribution in [3.63, 3.8) is 0 Å². The molecule has 0 amide bonds. The van der Waals surface area contributed by atoms with Crippen LogP contribution in [0.3, 0.4) is 0 Å². The van der Waals surface area contributed by atoms with Crippen molar-refractivity contribution in [3.8, 4) is 0 Å². The number of aromatic nitrogens is 2. The van der Waals surface area contributed by atoms with Crippen molar-refractivity contribution < 1.29 is 4.79 Å². The Hall–Kier alpha value is -1.16. The molecule has 76 valence electrons. The predicted octanol–water partition coefficient (Wildman–Crippen LogP) is 0.548. The second-order valence-corrected chi connectivity index (χ2v) is 3.65. The monoisotopic (exact) mass is 193 g/mol. The number of hydrogen-bond acceptors (Lipinski definition) is 3. The average molecular weight is 193 g/mol. The lowest BCUT2D eigenvalue weighted by atomic mass is 10.1. The first-order chi connectivity index (χ1) is 6.84. The molecule has 1 aliphatic rings.